The van der Waals surface area contributed by atoms with Gasteiger partial charge in [0.15, 0.2) is 0 Å². The Balaban J connectivity index is 2.13. The molecule has 1 aromatic rings. The smallest absolute Gasteiger partial charge is 0.232 e. The molecule has 0 bridgehead atoms. The lowest BCUT2D eigenvalue weighted by Gasteiger charge is -2.16. The van der Waals surface area contributed by atoms with E-state index in [0.717, 1.165) is 11.5 Å². The molecule has 1 aliphatic rings. The fraction of sp³-hybridized carbons (Fsp3) is 0.833. The van der Waals surface area contributed by atoms with Crippen LogP contribution in [0.5, 0.6) is 0 Å². The number of hydrogen-bond acceptors (Lipinski definition) is 6. The van der Waals surface area contributed by atoms with Crippen LogP contribution in [0.2, 0.25) is 0 Å². The summed E-state index contributed by atoms with van der Waals surface area (Å²) in [5.74, 6) is 3.73. The second kappa shape index (κ2) is 6.04. The van der Waals surface area contributed by atoms with Gasteiger partial charge in [0.2, 0.25) is 11.7 Å². The molecule has 1 fully saturated rings. The van der Waals surface area contributed by atoms with Crippen molar-refractivity contribution in [3.8, 4) is 0 Å². The van der Waals surface area contributed by atoms with E-state index in [1.165, 1.54) is 0 Å². The van der Waals surface area contributed by atoms with Crippen LogP contribution < -0.4 is 5.73 Å². The Morgan fingerprint density at radius 2 is 2.28 bits per heavy atom. The fourth-order valence-electron chi connectivity index (χ4n) is 2.08. The van der Waals surface area contributed by atoms with Gasteiger partial charge in [-0.15, -0.1) is 0 Å². The van der Waals surface area contributed by atoms with E-state index in [9.17, 15) is 0 Å². The normalized spacial score (nSPS) is 25.8. The van der Waals surface area contributed by atoms with E-state index in [4.69, 9.17) is 15.0 Å². The molecule has 1 saturated heterocycles. The molecule has 2 N–H and O–H groups in total. The molecule has 18 heavy (non-hydrogen) atoms. The molecular weight excluding hydrogens is 250 g/mol. The highest BCUT2D eigenvalue weighted by Crippen LogP contribution is 2.32. The molecular formula is C12H21N3O2S. The third-order valence-corrected chi connectivity index (χ3v) is 4.32. The standard InChI is InChI=1S/C12H21N3O2S/c1-4-16-10(7(2)3)11-14-12(17-15-11)8-5-18-6-9(8)13/h7-10H,4-6,13H2,1-3H3. The summed E-state index contributed by atoms with van der Waals surface area (Å²) in [6.07, 6.45) is -0.0993. The third-order valence-electron chi connectivity index (χ3n) is 3.11. The van der Waals surface area contributed by atoms with Crippen LogP contribution in [-0.2, 0) is 4.74 Å². The van der Waals surface area contributed by atoms with Crippen molar-refractivity contribution in [3.05, 3.63) is 11.7 Å². The van der Waals surface area contributed by atoms with Crippen molar-refractivity contribution in [3.63, 3.8) is 0 Å². The van der Waals surface area contributed by atoms with Crippen LogP contribution in [-0.4, -0.2) is 34.3 Å². The summed E-state index contributed by atoms with van der Waals surface area (Å²) in [5, 5.41) is 4.06. The van der Waals surface area contributed by atoms with Crippen LogP contribution in [0.3, 0.4) is 0 Å². The van der Waals surface area contributed by atoms with Crippen LogP contribution >= 0.6 is 11.8 Å². The highest BCUT2D eigenvalue weighted by Gasteiger charge is 2.32. The van der Waals surface area contributed by atoms with E-state index >= 15 is 0 Å². The van der Waals surface area contributed by atoms with Crippen LogP contribution in [0.1, 0.15) is 44.5 Å². The van der Waals surface area contributed by atoms with E-state index in [0.29, 0.717) is 24.2 Å². The van der Waals surface area contributed by atoms with Gasteiger partial charge < -0.3 is 15.0 Å². The minimum Gasteiger partial charge on any atom is -0.370 e. The van der Waals surface area contributed by atoms with Crippen molar-refractivity contribution in [2.45, 2.75) is 38.8 Å². The number of thioether (sulfide) groups is 1. The summed E-state index contributed by atoms with van der Waals surface area (Å²) in [6, 6.07) is 0.118. The Kier molecular flexibility index (Phi) is 4.64. The first-order valence-electron chi connectivity index (χ1n) is 6.41. The number of rotatable bonds is 5. The molecule has 6 heteroatoms. The third kappa shape index (κ3) is 2.87. The van der Waals surface area contributed by atoms with Gasteiger partial charge in [-0.2, -0.15) is 16.7 Å². The zero-order valence-electron chi connectivity index (χ0n) is 11.1. The van der Waals surface area contributed by atoms with Crippen LogP contribution in [0.4, 0.5) is 0 Å². The van der Waals surface area contributed by atoms with Crippen LogP contribution in [0.25, 0.3) is 0 Å². The Labute approximate surface area is 112 Å². The average Bonchev–Trinajstić information content (AvgIpc) is 2.93. The Morgan fingerprint density at radius 3 is 2.83 bits per heavy atom. The lowest BCUT2D eigenvalue weighted by molar-refractivity contribution is 0.0217. The lowest BCUT2D eigenvalue weighted by Crippen LogP contribution is -2.26. The zero-order valence-corrected chi connectivity index (χ0v) is 11.9. The molecule has 1 aromatic heterocycles. The van der Waals surface area contributed by atoms with Crippen molar-refractivity contribution in [2.24, 2.45) is 11.7 Å². The number of aromatic nitrogens is 2. The van der Waals surface area contributed by atoms with Gasteiger partial charge in [0.25, 0.3) is 0 Å². The van der Waals surface area contributed by atoms with Crippen molar-refractivity contribution in [1.82, 2.24) is 10.1 Å². The molecule has 0 aromatic carbocycles. The Bertz CT molecular complexity index is 383. The van der Waals surface area contributed by atoms with Gasteiger partial charge in [-0.3, -0.25) is 0 Å². The Hall–Kier alpha value is -0.590. The fourth-order valence-corrected chi connectivity index (χ4v) is 3.37. The van der Waals surface area contributed by atoms with Crippen LogP contribution in [0, 0.1) is 5.92 Å². The van der Waals surface area contributed by atoms with Crippen LogP contribution in [0.15, 0.2) is 4.52 Å². The summed E-state index contributed by atoms with van der Waals surface area (Å²) in [7, 11) is 0. The minimum atomic E-state index is -0.0993. The highest BCUT2D eigenvalue weighted by atomic mass is 32.2. The maximum atomic E-state index is 6.03. The van der Waals surface area contributed by atoms with E-state index in [2.05, 4.69) is 24.0 Å². The molecule has 0 amide bonds. The van der Waals surface area contributed by atoms with Crippen molar-refractivity contribution in [2.75, 3.05) is 18.1 Å². The highest BCUT2D eigenvalue weighted by molar-refractivity contribution is 7.99. The first-order valence-corrected chi connectivity index (χ1v) is 7.57. The molecule has 3 atom stereocenters. The van der Waals surface area contributed by atoms with Crippen molar-refractivity contribution < 1.29 is 9.26 Å². The van der Waals surface area contributed by atoms with E-state index in [1.54, 1.807) is 0 Å². The number of hydrogen-bond donors (Lipinski definition) is 1. The van der Waals surface area contributed by atoms with E-state index in [1.807, 2.05) is 18.7 Å². The van der Waals surface area contributed by atoms with Crippen molar-refractivity contribution >= 4 is 11.8 Å². The maximum Gasteiger partial charge on any atom is 0.232 e. The number of ether oxygens (including phenoxy) is 1. The summed E-state index contributed by atoms with van der Waals surface area (Å²) < 4.78 is 11.0. The molecule has 5 nitrogen and oxygen atoms in total. The van der Waals surface area contributed by atoms with Gasteiger partial charge in [0, 0.05) is 24.2 Å². The summed E-state index contributed by atoms with van der Waals surface area (Å²) in [4.78, 5) is 4.49. The first kappa shape index (κ1) is 13.8. The second-order valence-corrected chi connectivity index (χ2v) is 5.99. The van der Waals surface area contributed by atoms with Gasteiger partial charge in [0.1, 0.15) is 6.10 Å². The van der Waals surface area contributed by atoms with E-state index in [-0.39, 0.29) is 18.1 Å². The first-order chi connectivity index (χ1) is 8.63. The quantitative estimate of drug-likeness (QED) is 0.882. The Morgan fingerprint density at radius 1 is 1.50 bits per heavy atom. The van der Waals surface area contributed by atoms with Gasteiger partial charge >= 0.3 is 0 Å². The molecule has 0 radical (unpaired) electrons. The summed E-state index contributed by atoms with van der Waals surface area (Å²) in [5.41, 5.74) is 6.03. The number of nitrogens with two attached hydrogens (primary N) is 1. The molecule has 2 heterocycles. The SMILES string of the molecule is CCOC(c1noc(C2CSCC2N)n1)C(C)C. The molecule has 0 saturated carbocycles. The topological polar surface area (TPSA) is 74.2 Å². The van der Waals surface area contributed by atoms with E-state index < -0.39 is 0 Å². The largest absolute Gasteiger partial charge is 0.370 e. The second-order valence-electron chi connectivity index (χ2n) is 4.92. The lowest BCUT2D eigenvalue weighted by atomic mass is 10.0. The predicted octanol–water partition coefficient (Wildman–Crippen LogP) is 1.96. The zero-order chi connectivity index (χ0) is 13.1. The molecule has 102 valence electrons. The van der Waals surface area contributed by atoms with Gasteiger partial charge in [-0.25, -0.2) is 0 Å². The maximum absolute atomic E-state index is 6.03. The summed E-state index contributed by atoms with van der Waals surface area (Å²) in [6.45, 7) is 6.80. The van der Waals surface area contributed by atoms with Crippen molar-refractivity contribution in [1.29, 1.82) is 0 Å². The molecule has 1 aliphatic heterocycles. The predicted molar refractivity (Wildman–Crippen MR) is 71.5 cm³/mol. The van der Waals surface area contributed by atoms with Gasteiger partial charge in [-0.05, 0) is 12.8 Å². The molecule has 0 spiro atoms. The van der Waals surface area contributed by atoms with Gasteiger partial charge in [-0.1, -0.05) is 19.0 Å². The average molecular weight is 271 g/mol. The minimum absolute atomic E-state index is 0.0993. The molecule has 2 rings (SSSR count). The van der Waals surface area contributed by atoms with Gasteiger partial charge in [0.05, 0.1) is 5.92 Å². The molecule has 0 aliphatic carbocycles. The molecule has 3 unspecified atom stereocenters. The number of nitrogens with zero attached hydrogens (tertiary/aromatic N) is 2. The monoisotopic (exact) mass is 271 g/mol. The summed E-state index contributed by atoms with van der Waals surface area (Å²) >= 11 is 1.84.